The molecule has 12 nitrogen and oxygen atoms in total. The van der Waals surface area contributed by atoms with E-state index < -0.39 is 0 Å². The number of phenolic OH excluding ortho intramolecular Hbond substituents is 1. The standard InChI is InChI=1S/C30H31N5O7S2/c1-38-21-7-8-22-27(13-21)44-30(31-22)43-17-19-15-34(33-32-19)16-28(37)35(14-18-6-9-24(39-2)23(36)10-18)20-11-25(40-3)29(42-5)26(12-20)41-4/h6-13,15,36H,14,16-17H2,1-5H3. The topological polar surface area (TPSA) is 130 Å². The summed E-state index contributed by atoms with van der Waals surface area (Å²) in [4.78, 5) is 20.1. The molecule has 1 amide bonds. The monoisotopic (exact) mass is 637 g/mol. The van der Waals surface area contributed by atoms with Gasteiger partial charge in [0.15, 0.2) is 27.3 Å². The van der Waals surface area contributed by atoms with Crippen LogP contribution in [-0.2, 0) is 23.6 Å². The Morgan fingerprint density at radius 1 is 0.932 bits per heavy atom. The normalized spacial score (nSPS) is 10.9. The first-order chi connectivity index (χ1) is 21.3. The Kier molecular flexibility index (Phi) is 9.60. The van der Waals surface area contributed by atoms with Crippen LogP contribution >= 0.6 is 23.1 Å². The van der Waals surface area contributed by atoms with Crippen molar-refractivity contribution in [3.05, 3.63) is 66.0 Å². The number of ether oxygens (including phenoxy) is 5. The SMILES string of the molecule is COc1ccc2nc(SCc3cn(CC(=O)N(Cc4ccc(OC)c(O)c4)c4cc(OC)c(OC)c(OC)c4)nn3)sc2c1. The number of amides is 1. The molecule has 0 unspecified atom stereocenters. The van der Waals surface area contributed by atoms with E-state index in [4.69, 9.17) is 23.7 Å². The van der Waals surface area contributed by atoms with Crippen molar-refractivity contribution < 1.29 is 33.6 Å². The molecule has 14 heteroatoms. The summed E-state index contributed by atoms with van der Waals surface area (Å²) in [7, 11) is 7.64. The number of benzene rings is 3. The Morgan fingerprint density at radius 2 is 1.68 bits per heavy atom. The van der Waals surface area contributed by atoms with Gasteiger partial charge in [0.05, 0.1) is 63.7 Å². The number of carbonyl (C=O) groups is 1. The van der Waals surface area contributed by atoms with Gasteiger partial charge in [-0.05, 0) is 35.9 Å². The van der Waals surface area contributed by atoms with E-state index in [0.717, 1.165) is 20.3 Å². The minimum absolute atomic E-state index is 0.0343. The van der Waals surface area contributed by atoms with Crippen LogP contribution in [0.15, 0.2) is 59.1 Å². The van der Waals surface area contributed by atoms with Crippen molar-refractivity contribution >= 4 is 44.9 Å². The van der Waals surface area contributed by atoms with Crippen LogP contribution in [0.1, 0.15) is 11.3 Å². The zero-order valence-electron chi connectivity index (χ0n) is 24.8. The number of rotatable bonds is 13. The Hall–Kier alpha value is -4.69. The molecule has 230 valence electrons. The highest BCUT2D eigenvalue weighted by Gasteiger charge is 2.23. The molecule has 3 aromatic carbocycles. The van der Waals surface area contributed by atoms with Gasteiger partial charge in [0, 0.05) is 24.1 Å². The fraction of sp³-hybridized carbons (Fsp3) is 0.267. The van der Waals surface area contributed by atoms with Gasteiger partial charge >= 0.3 is 0 Å². The predicted octanol–water partition coefficient (Wildman–Crippen LogP) is 5.16. The third-order valence-electron chi connectivity index (χ3n) is 6.65. The zero-order valence-corrected chi connectivity index (χ0v) is 26.4. The predicted molar refractivity (Wildman–Crippen MR) is 168 cm³/mol. The Morgan fingerprint density at radius 3 is 2.34 bits per heavy atom. The van der Waals surface area contributed by atoms with Gasteiger partial charge < -0.3 is 33.7 Å². The number of thioether (sulfide) groups is 1. The lowest BCUT2D eigenvalue weighted by Crippen LogP contribution is -2.33. The summed E-state index contributed by atoms with van der Waals surface area (Å²) < 4.78 is 30.4. The number of nitrogens with zero attached hydrogens (tertiary/aromatic N) is 5. The Bertz CT molecular complexity index is 1750. The summed E-state index contributed by atoms with van der Waals surface area (Å²) in [6.45, 7) is 0.0478. The van der Waals surface area contributed by atoms with Crippen LogP contribution < -0.4 is 28.6 Å². The van der Waals surface area contributed by atoms with Crippen LogP contribution in [0.5, 0.6) is 34.5 Å². The number of phenols is 1. The number of thiazole rings is 1. The van der Waals surface area contributed by atoms with Crippen molar-refractivity contribution in [2.75, 3.05) is 40.4 Å². The third-order valence-corrected chi connectivity index (χ3v) is 8.84. The lowest BCUT2D eigenvalue weighted by molar-refractivity contribution is -0.119. The fourth-order valence-corrected chi connectivity index (χ4v) is 6.45. The van der Waals surface area contributed by atoms with Gasteiger partial charge in [0.1, 0.15) is 12.3 Å². The third kappa shape index (κ3) is 6.76. The minimum Gasteiger partial charge on any atom is -0.504 e. The minimum atomic E-state index is -0.279. The van der Waals surface area contributed by atoms with Gasteiger partial charge in [-0.25, -0.2) is 9.67 Å². The number of hydrogen-bond acceptors (Lipinski definition) is 12. The summed E-state index contributed by atoms with van der Waals surface area (Å²) in [6, 6.07) is 14.2. The van der Waals surface area contributed by atoms with E-state index in [0.29, 0.717) is 45.7 Å². The van der Waals surface area contributed by atoms with Gasteiger partial charge in [0.2, 0.25) is 11.7 Å². The lowest BCUT2D eigenvalue weighted by Gasteiger charge is -2.25. The second-order valence-corrected chi connectivity index (χ2v) is 11.6. The number of carbonyl (C=O) groups excluding carboxylic acids is 1. The van der Waals surface area contributed by atoms with Gasteiger partial charge in [-0.3, -0.25) is 4.79 Å². The lowest BCUT2D eigenvalue weighted by atomic mass is 10.1. The van der Waals surface area contributed by atoms with Gasteiger partial charge in [0.25, 0.3) is 0 Å². The first-order valence-corrected chi connectivity index (χ1v) is 15.1. The van der Waals surface area contributed by atoms with Gasteiger partial charge in [-0.15, -0.1) is 16.4 Å². The van der Waals surface area contributed by atoms with Crippen molar-refractivity contribution in [1.82, 2.24) is 20.0 Å². The Labute approximate surface area is 262 Å². The van der Waals surface area contributed by atoms with E-state index >= 15 is 0 Å². The largest absolute Gasteiger partial charge is 0.504 e. The summed E-state index contributed by atoms with van der Waals surface area (Å²) >= 11 is 3.13. The highest BCUT2D eigenvalue weighted by atomic mass is 32.2. The number of aromatic nitrogens is 4. The molecule has 0 saturated heterocycles. The molecule has 5 aromatic rings. The molecule has 1 N–H and O–H groups in total. The van der Waals surface area contributed by atoms with E-state index in [1.54, 1.807) is 71.6 Å². The van der Waals surface area contributed by atoms with E-state index in [9.17, 15) is 9.90 Å². The second-order valence-electron chi connectivity index (χ2n) is 9.38. The molecular weight excluding hydrogens is 606 g/mol. The molecule has 5 rings (SSSR count). The molecule has 0 aliphatic heterocycles. The molecule has 2 heterocycles. The number of hydrogen-bond donors (Lipinski definition) is 1. The van der Waals surface area contributed by atoms with Crippen LogP contribution in [0.25, 0.3) is 10.2 Å². The van der Waals surface area contributed by atoms with Crippen molar-refractivity contribution in [2.45, 2.75) is 23.2 Å². The molecule has 0 atom stereocenters. The molecular formula is C30H31N5O7S2. The van der Waals surface area contributed by atoms with Gasteiger partial charge in [-0.1, -0.05) is 23.0 Å². The molecule has 0 saturated carbocycles. The van der Waals surface area contributed by atoms with E-state index in [-0.39, 0.29) is 24.7 Å². The maximum atomic E-state index is 13.8. The number of anilines is 1. The summed E-state index contributed by atoms with van der Waals surface area (Å²) in [5.74, 6) is 2.53. The summed E-state index contributed by atoms with van der Waals surface area (Å²) in [5.41, 5.74) is 2.79. The number of fused-ring (bicyclic) bond motifs is 1. The first kappa shape index (κ1) is 30.8. The van der Waals surface area contributed by atoms with E-state index in [1.165, 1.54) is 33.1 Å². The van der Waals surface area contributed by atoms with Crippen LogP contribution in [0, 0.1) is 0 Å². The van der Waals surface area contributed by atoms with Crippen molar-refractivity contribution in [1.29, 1.82) is 0 Å². The van der Waals surface area contributed by atoms with Crippen molar-refractivity contribution in [2.24, 2.45) is 0 Å². The average molecular weight is 638 g/mol. The summed E-state index contributed by atoms with van der Waals surface area (Å²) in [6.07, 6.45) is 1.74. The average Bonchev–Trinajstić information content (AvgIpc) is 3.67. The highest BCUT2D eigenvalue weighted by molar-refractivity contribution is 8.00. The van der Waals surface area contributed by atoms with Crippen molar-refractivity contribution in [3.63, 3.8) is 0 Å². The molecule has 0 aliphatic carbocycles. The number of methoxy groups -OCH3 is 5. The Balaban J connectivity index is 1.36. The second kappa shape index (κ2) is 13.7. The molecule has 0 radical (unpaired) electrons. The molecule has 0 fully saturated rings. The van der Waals surface area contributed by atoms with Crippen LogP contribution in [0.4, 0.5) is 5.69 Å². The fourth-order valence-electron chi connectivity index (χ4n) is 4.48. The van der Waals surface area contributed by atoms with E-state index in [2.05, 4.69) is 15.3 Å². The number of aromatic hydroxyl groups is 1. The zero-order chi connectivity index (χ0) is 31.2. The van der Waals surface area contributed by atoms with Crippen LogP contribution in [0.2, 0.25) is 0 Å². The van der Waals surface area contributed by atoms with E-state index in [1.807, 2.05) is 18.2 Å². The maximum Gasteiger partial charge on any atom is 0.249 e. The molecule has 0 aliphatic rings. The first-order valence-electron chi connectivity index (χ1n) is 13.3. The summed E-state index contributed by atoms with van der Waals surface area (Å²) in [5, 5.41) is 18.8. The van der Waals surface area contributed by atoms with Crippen LogP contribution in [0.3, 0.4) is 0 Å². The molecule has 0 bridgehead atoms. The smallest absolute Gasteiger partial charge is 0.249 e. The molecule has 0 spiro atoms. The maximum absolute atomic E-state index is 13.8. The molecule has 2 aromatic heterocycles. The highest BCUT2D eigenvalue weighted by Crippen LogP contribution is 2.41. The van der Waals surface area contributed by atoms with Crippen LogP contribution in [-0.4, -0.2) is 66.5 Å². The molecule has 44 heavy (non-hydrogen) atoms. The van der Waals surface area contributed by atoms with Gasteiger partial charge in [-0.2, -0.15) is 0 Å². The van der Waals surface area contributed by atoms with Crippen molar-refractivity contribution in [3.8, 4) is 34.5 Å². The quantitative estimate of drug-likeness (QED) is 0.172.